The van der Waals surface area contributed by atoms with Gasteiger partial charge < -0.3 is 19.3 Å². The fraction of sp³-hybridized carbons (Fsp3) is 0.667. The van der Waals surface area contributed by atoms with Crippen molar-refractivity contribution in [1.29, 1.82) is 0 Å². The van der Waals surface area contributed by atoms with Gasteiger partial charge in [0.05, 0.1) is 7.11 Å². The average Bonchev–Trinajstić information content (AvgIpc) is 3.05. The molecule has 146 valence electrons. The van der Waals surface area contributed by atoms with E-state index >= 15 is 0 Å². The summed E-state index contributed by atoms with van der Waals surface area (Å²) in [5, 5.41) is 0. The monoisotopic (exact) mass is 362 g/mol. The van der Waals surface area contributed by atoms with Crippen molar-refractivity contribution in [1.82, 2.24) is 4.90 Å². The van der Waals surface area contributed by atoms with Gasteiger partial charge in [-0.15, -0.1) is 0 Å². The first-order valence-electron chi connectivity index (χ1n) is 9.62. The zero-order chi connectivity index (χ0) is 19.5. The Balaban J connectivity index is 2.21. The lowest BCUT2D eigenvalue weighted by atomic mass is 10.0. The molecule has 0 aromatic heterocycles. The number of benzene rings is 1. The Bertz CT molecular complexity index is 637. The Morgan fingerprint density at radius 3 is 2.54 bits per heavy atom. The zero-order valence-electron chi connectivity index (χ0n) is 17.4. The van der Waals surface area contributed by atoms with Gasteiger partial charge in [-0.25, -0.2) is 4.79 Å². The van der Waals surface area contributed by atoms with Crippen LogP contribution in [-0.4, -0.2) is 49.4 Å². The first-order valence-corrected chi connectivity index (χ1v) is 9.62. The number of methoxy groups -OCH3 is 1. The Hall–Kier alpha value is -1.91. The molecule has 0 aliphatic carbocycles. The number of carbonyl (C=O) groups is 1. The quantitative estimate of drug-likeness (QED) is 0.778. The highest BCUT2D eigenvalue weighted by Gasteiger charge is 2.33. The van der Waals surface area contributed by atoms with Gasteiger partial charge in [0.25, 0.3) is 0 Å². The number of aryl methyl sites for hydroxylation is 1. The molecule has 2 rings (SSSR count). The van der Waals surface area contributed by atoms with Gasteiger partial charge >= 0.3 is 6.09 Å². The second kappa shape index (κ2) is 8.19. The number of hydrogen-bond donors (Lipinski definition) is 0. The van der Waals surface area contributed by atoms with Crippen LogP contribution in [0.1, 0.15) is 52.2 Å². The molecule has 0 N–H and O–H groups in total. The van der Waals surface area contributed by atoms with E-state index in [0.29, 0.717) is 12.6 Å². The van der Waals surface area contributed by atoms with Gasteiger partial charge in [0.1, 0.15) is 11.4 Å². The molecule has 0 radical (unpaired) electrons. The summed E-state index contributed by atoms with van der Waals surface area (Å²) < 4.78 is 11.0. The molecule has 1 aromatic carbocycles. The molecule has 26 heavy (non-hydrogen) atoms. The summed E-state index contributed by atoms with van der Waals surface area (Å²) in [5.41, 5.74) is 3.35. The molecule has 1 saturated heterocycles. The molecule has 0 saturated carbocycles. The van der Waals surface area contributed by atoms with E-state index in [0.717, 1.165) is 31.7 Å². The third-order valence-electron chi connectivity index (χ3n) is 4.98. The lowest BCUT2D eigenvalue weighted by Crippen LogP contribution is -2.40. The van der Waals surface area contributed by atoms with Crippen LogP contribution >= 0.6 is 0 Å². The van der Waals surface area contributed by atoms with Gasteiger partial charge in [-0.2, -0.15) is 0 Å². The van der Waals surface area contributed by atoms with Crippen molar-refractivity contribution in [3.63, 3.8) is 0 Å². The molecule has 0 bridgehead atoms. The number of ether oxygens (including phenoxy) is 2. The normalized spacial score (nSPS) is 17.3. The van der Waals surface area contributed by atoms with E-state index in [1.165, 1.54) is 16.8 Å². The molecule has 1 fully saturated rings. The number of likely N-dealkylation sites (tertiary alicyclic amines) is 1. The standard InChI is InChI=1S/C21H34N2O3/c1-8-16-12-18(25-7)13-19(15(16)3)23(9-2)17-10-11-22(14-17)20(24)26-21(4,5)6/h12-13,17H,8-11,14H2,1-7H3. The summed E-state index contributed by atoms with van der Waals surface area (Å²) in [5.74, 6) is 0.892. The number of anilines is 1. The maximum Gasteiger partial charge on any atom is 0.410 e. The Kier molecular flexibility index (Phi) is 6.43. The van der Waals surface area contributed by atoms with Crippen LogP contribution in [0, 0.1) is 6.92 Å². The predicted octanol–water partition coefficient (Wildman–Crippen LogP) is 4.40. The molecule has 1 aromatic rings. The van der Waals surface area contributed by atoms with Crippen molar-refractivity contribution in [2.75, 3.05) is 31.6 Å². The van der Waals surface area contributed by atoms with Crippen LogP contribution in [0.25, 0.3) is 0 Å². The van der Waals surface area contributed by atoms with Crippen molar-refractivity contribution in [3.8, 4) is 5.75 Å². The SMILES string of the molecule is CCc1cc(OC)cc(N(CC)C2CCN(C(=O)OC(C)(C)C)C2)c1C. The topological polar surface area (TPSA) is 42.0 Å². The lowest BCUT2D eigenvalue weighted by Gasteiger charge is -2.32. The molecular weight excluding hydrogens is 328 g/mol. The van der Waals surface area contributed by atoms with Crippen molar-refractivity contribution >= 4 is 11.8 Å². The van der Waals surface area contributed by atoms with E-state index in [2.05, 4.69) is 37.8 Å². The van der Waals surface area contributed by atoms with E-state index in [4.69, 9.17) is 9.47 Å². The van der Waals surface area contributed by atoms with Crippen LogP contribution in [0.4, 0.5) is 10.5 Å². The molecule has 0 spiro atoms. The van der Waals surface area contributed by atoms with E-state index in [-0.39, 0.29) is 6.09 Å². The minimum atomic E-state index is -0.459. The first-order chi connectivity index (χ1) is 12.2. The number of carbonyl (C=O) groups excluding carboxylic acids is 1. The average molecular weight is 363 g/mol. The summed E-state index contributed by atoms with van der Waals surface area (Å²) in [6.45, 7) is 14.6. The van der Waals surface area contributed by atoms with Crippen molar-refractivity contribution in [2.24, 2.45) is 0 Å². The molecule has 1 heterocycles. The summed E-state index contributed by atoms with van der Waals surface area (Å²) in [7, 11) is 1.71. The Morgan fingerprint density at radius 1 is 1.31 bits per heavy atom. The molecule has 5 heteroatoms. The molecule has 1 atom stereocenters. The van der Waals surface area contributed by atoms with E-state index in [9.17, 15) is 4.79 Å². The van der Waals surface area contributed by atoms with Crippen molar-refractivity contribution in [2.45, 2.75) is 66.0 Å². The second-order valence-electron chi connectivity index (χ2n) is 7.94. The second-order valence-corrected chi connectivity index (χ2v) is 7.94. The van der Waals surface area contributed by atoms with Crippen LogP contribution in [0.15, 0.2) is 12.1 Å². The minimum absolute atomic E-state index is 0.215. The van der Waals surface area contributed by atoms with Crippen LogP contribution < -0.4 is 9.64 Å². The van der Waals surface area contributed by atoms with Gasteiger partial charge in [0.2, 0.25) is 0 Å². The number of hydrogen-bond acceptors (Lipinski definition) is 4. The first kappa shape index (κ1) is 20.4. The number of nitrogens with zero attached hydrogens (tertiary/aromatic N) is 2. The molecular formula is C21H34N2O3. The number of rotatable bonds is 5. The van der Waals surface area contributed by atoms with Crippen LogP contribution in [0.5, 0.6) is 5.75 Å². The lowest BCUT2D eigenvalue weighted by molar-refractivity contribution is 0.0292. The summed E-state index contributed by atoms with van der Waals surface area (Å²) >= 11 is 0. The predicted molar refractivity (Wildman–Crippen MR) is 106 cm³/mol. The minimum Gasteiger partial charge on any atom is -0.497 e. The van der Waals surface area contributed by atoms with Gasteiger partial charge in [-0.3, -0.25) is 0 Å². The Labute approximate surface area is 158 Å². The largest absolute Gasteiger partial charge is 0.497 e. The van der Waals surface area contributed by atoms with Gasteiger partial charge in [-0.05, 0) is 64.7 Å². The molecule has 1 aliphatic heterocycles. The summed E-state index contributed by atoms with van der Waals surface area (Å²) in [6, 6.07) is 4.53. The van der Waals surface area contributed by atoms with Gasteiger partial charge in [0, 0.05) is 37.4 Å². The highest BCUT2D eigenvalue weighted by molar-refractivity contribution is 5.69. The van der Waals surface area contributed by atoms with Crippen molar-refractivity contribution in [3.05, 3.63) is 23.3 Å². The molecule has 1 amide bonds. The maximum atomic E-state index is 12.4. The zero-order valence-corrected chi connectivity index (χ0v) is 17.4. The van der Waals surface area contributed by atoms with Crippen LogP contribution in [-0.2, 0) is 11.2 Å². The van der Waals surface area contributed by atoms with Crippen molar-refractivity contribution < 1.29 is 14.3 Å². The van der Waals surface area contributed by atoms with E-state index < -0.39 is 5.60 Å². The van der Waals surface area contributed by atoms with E-state index in [1.54, 1.807) is 7.11 Å². The molecule has 1 aliphatic rings. The fourth-order valence-corrected chi connectivity index (χ4v) is 3.63. The summed E-state index contributed by atoms with van der Waals surface area (Å²) in [6.07, 6.45) is 1.71. The molecule has 1 unspecified atom stereocenters. The van der Waals surface area contributed by atoms with E-state index in [1.807, 2.05) is 25.7 Å². The maximum absolute atomic E-state index is 12.4. The highest BCUT2D eigenvalue weighted by atomic mass is 16.6. The smallest absolute Gasteiger partial charge is 0.410 e. The molecule has 5 nitrogen and oxygen atoms in total. The fourth-order valence-electron chi connectivity index (χ4n) is 3.63. The third-order valence-corrected chi connectivity index (χ3v) is 4.98. The van der Waals surface area contributed by atoms with Gasteiger partial charge in [-0.1, -0.05) is 6.92 Å². The number of amides is 1. The Morgan fingerprint density at radius 2 is 2.00 bits per heavy atom. The highest BCUT2D eigenvalue weighted by Crippen LogP contribution is 2.33. The van der Waals surface area contributed by atoms with Crippen LogP contribution in [0.2, 0.25) is 0 Å². The number of likely N-dealkylation sites (N-methyl/N-ethyl adjacent to an activating group) is 1. The third kappa shape index (κ3) is 4.63. The van der Waals surface area contributed by atoms with Gasteiger partial charge in [0.15, 0.2) is 0 Å². The summed E-state index contributed by atoms with van der Waals surface area (Å²) in [4.78, 5) is 16.6. The van der Waals surface area contributed by atoms with Crippen LogP contribution in [0.3, 0.4) is 0 Å².